The van der Waals surface area contributed by atoms with Crippen LogP contribution in [0.3, 0.4) is 0 Å². The summed E-state index contributed by atoms with van der Waals surface area (Å²) < 4.78 is 0. The van der Waals surface area contributed by atoms with Gasteiger partial charge in [0.15, 0.2) is 0 Å². The van der Waals surface area contributed by atoms with Crippen molar-refractivity contribution in [2.75, 3.05) is 0 Å². The minimum Gasteiger partial charge on any atom is -0.350 e. The molecule has 0 atom stereocenters. The van der Waals surface area contributed by atoms with Gasteiger partial charge < -0.3 is 11.5 Å². The zero-order chi connectivity index (χ0) is 12.7. The molecule has 0 fully saturated rings. The number of alkyl halides is 1. The molecule has 0 spiro atoms. The molecule has 90 valence electrons. The van der Waals surface area contributed by atoms with E-state index in [0.29, 0.717) is 11.4 Å². The Morgan fingerprint density at radius 1 is 1.06 bits per heavy atom. The molecule has 0 aliphatic rings. The van der Waals surface area contributed by atoms with E-state index >= 15 is 0 Å². The average molecular weight is 249 g/mol. The zero-order valence-electron chi connectivity index (χ0n) is 8.82. The molecule has 0 rings (SSSR count). The third kappa shape index (κ3) is 5.81. The first kappa shape index (κ1) is 14.2. The van der Waals surface area contributed by atoms with Gasteiger partial charge in [-0.1, -0.05) is 0 Å². The highest BCUT2D eigenvalue weighted by Gasteiger charge is 2.12. The van der Waals surface area contributed by atoms with Crippen LogP contribution in [0.2, 0.25) is 0 Å². The summed E-state index contributed by atoms with van der Waals surface area (Å²) in [7, 11) is 0. The van der Waals surface area contributed by atoms with Crippen molar-refractivity contribution in [3.05, 3.63) is 0 Å². The fourth-order valence-electron chi connectivity index (χ4n) is 0.702. The van der Waals surface area contributed by atoms with Crippen LogP contribution in [0.15, 0.2) is 10.2 Å². The Morgan fingerprint density at radius 2 is 1.38 bits per heavy atom. The highest BCUT2D eigenvalue weighted by atomic mass is 35.5. The smallest absolute Gasteiger partial charge is 0.332 e. The molecule has 0 aromatic rings. The minimum atomic E-state index is -0.798. The molecular formula is C7H13ClN6O2. The van der Waals surface area contributed by atoms with E-state index in [2.05, 4.69) is 10.2 Å². The van der Waals surface area contributed by atoms with E-state index in [1.807, 2.05) is 10.9 Å². The largest absolute Gasteiger partial charge is 0.350 e. The lowest BCUT2D eigenvalue weighted by Crippen LogP contribution is -2.31. The monoisotopic (exact) mass is 248 g/mol. The highest BCUT2D eigenvalue weighted by Crippen LogP contribution is 2.01. The Morgan fingerprint density at radius 3 is 1.62 bits per heavy atom. The van der Waals surface area contributed by atoms with Crippen molar-refractivity contribution in [1.29, 1.82) is 0 Å². The first-order valence-corrected chi connectivity index (χ1v) is 4.61. The third-order valence-corrected chi connectivity index (χ3v) is 2.05. The number of nitrogens with two attached hydrogens (primary N) is 2. The topological polar surface area (TPSA) is 135 Å². The van der Waals surface area contributed by atoms with E-state index in [0.717, 1.165) is 0 Å². The van der Waals surface area contributed by atoms with Gasteiger partial charge in [-0.15, -0.1) is 11.6 Å². The number of halogens is 1. The molecule has 0 aliphatic carbocycles. The Hall–Kier alpha value is -1.83. The van der Waals surface area contributed by atoms with Crippen molar-refractivity contribution in [2.45, 2.75) is 19.2 Å². The van der Waals surface area contributed by atoms with Crippen LogP contribution >= 0.6 is 11.6 Å². The quantitative estimate of drug-likeness (QED) is 0.308. The van der Waals surface area contributed by atoms with Crippen LogP contribution in [0.4, 0.5) is 9.59 Å². The van der Waals surface area contributed by atoms with Gasteiger partial charge in [0.05, 0.1) is 11.4 Å². The molecule has 0 bridgehead atoms. The summed E-state index contributed by atoms with van der Waals surface area (Å²) in [5, 5.41) is 6.53. The van der Waals surface area contributed by atoms with Crippen molar-refractivity contribution in [1.82, 2.24) is 10.9 Å². The van der Waals surface area contributed by atoms with Crippen LogP contribution in [0.5, 0.6) is 0 Å². The van der Waals surface area contributed by atoms with Crippen LogP contribution in [0, 0.1) is 0 Å². The number of carbonyl (C=O) groups excluding carboxylic acids is 2. The number of nitrogens with one attached hydrogen (secondary N) is 2. The van der Waals surface area contributed by atoms with Crippen molar-refractivity contribution in [3.8, 4) is 0 Å². The summed E-state index contributed by atoms with van der Waals surface area (Å²) in [5.41, 5.74) is 14.4. The summed E-state index contributed by atoms with van der Waals surface area (Å²) in [4.78, 5) is 20.7. The number of hydrazone groups is 2. The molecule has 0 aliphatic heterocycles. The predicted octanol–water partition coefficient (Wildman–Crippen LogP) is -0.318. The number of hydrogen-bond donors (Lipinski definition) is 4. The van der Waals surface area contributed by atoms with E-state index in [4.69, 9.17) is 23.1 Å². The maximum atomic E-state index is 10.4. The van der Waals surface area contributed by atoms with Crippen molar-refractivity contribution in [3.63, 3.8) is 0 Å². The first-order chi connectivity index (χ1) is 7.34. The number of hydrogen-bond acceptors (Lipinski definition) is 4. The van der Waals surface area contributed by atoms with Gasteiger partial charge in [-0.3, -0.25) is 0 Å². The Labute approximate surface area is 97.1 Å². The normalized spacial score (nSPS) is 14.2. The van der Waals surface area contributed by atoms with Gasteiger partial charge in [0, 0.05) is 0 Å². The van der Waals surface area contributed by atoms with Gasteiger partial charge in [-0.05, 0) is 13.8 Å². The van der Waals surface area contributed by atoms with E-state index < -0.39 is 17.4 Å². The molecule has 0 saturated carbocycles. The highest BCUT2D eigenvalue weighted by molar-refractivity contribution is 6.43. The number of rotatable bonds is 4. The summed E-state index contributed by atoms with van der Waals surface area (Å²) in [6.07, 6.45) is 0. The molecule has 6 N–H and O–H groups in total. The maximum absolute atomic E-state index is 10.4. The van der Waals surface area contributed by atoms with Gasteiger partial charge in [0.1, 0.15) is 5.38 Å². The SMILES string of the molecule is CC(=NNC(N)=O)C(Cl)C(C)=NNC(N)=O. The average Bonchev–Trinajstić information content (AvgIpc) is 2.21. The fourth-order valence-corrected chi connectivity index (χ4v) is 0.800. The fraction of sp³-hybridized carbons (Fsp3) is 0.429. The predicted molar refractivity (Wildman–Crippen MR) is 61.3 cm³/mol. The summed E-state index contributed by atoms with van der Waals surface area (Å²) in [5.74, 6) is 0. The second-order valence-electron chi connectivity index (χ2n) is 2.82. The van der Waals surface area contributed by atoms with Crippen molar-refractivity contribution >= 4 is 35.1 Å². The van der Waals surface area contributed by atoms with Crippen molar-refractivity contribution in [2.24, 2.45) is 21.7 Å². The standard InChI is InChI=1S/C7H13ClN6O2/c1-3(11-13-6(9)15)5(8)4(2)12-14-7(10)16/h5H,1-2H3,(H3,9,13,15)(H3,10,14,16). The first-order valence-electron chi connectivity index (χ1n) is 4.18. The van der Waals surface area contributed by atoms with Gasteiger partial charge >= 0.3 is 12.1 Å². The second kappa shape index (κ2) is 6.62. The molecule has 4 amide bonds. The molecular weight excluding hydrogens is 236 g/mol. The molecule has 0 heterocycles. The van der Waals surface area contributed by atoms with E-state index in [1.165, 1.54) is 0 Å². The van der Waals surface area contributed by atoms with Crippen LogP contribution in [0.1, 0.15) is 13.8 Å². The molecule has 9 heteroatoms. The number of urea groups is 2. The van der Waals surface area contributed by atoms with Crippen LogP contribution in [-0.4, -0.2) is 28.9 Å². The molecule has 0 aromatic heterocycles. The third-order valence-electron chi connectivity index (χ3n) is 1.42. The van der Waals surface area contributed by atoms with Gasteiger partial charge in [0.25, 0.3) is 0 Å². The molecule has 8 nitrogen and oxygen atoms in total. The van der Waals surface area contributed by atoms with Crippen LogP contribution in [0.25, 0.3) is 0 Å². The Balaban J connectivity index is 4.47. The van der Waals surface area contributed by atoms with Crippen LogP contribution < -0.4 is 22.3 Å². The maximum Gasteiger partial charge on any atom is 0.332 e. The molecule has 16 heavy (non-hydrogen) atoms. The van der Waals surface area contributed by atoms with E-state index in [9.17, 15) is 9.59 Å². The summed E-state index contributed by atoms with van der Waals surface area (Å²) >= 11 is 5.90. The molecule has 0 unspecified atom stereocenters. The lowest BCUT2D eigenvalue weighted by atomic mass is 10.2. The Bertz CT molecular complexity index is 308. The van der Waals surface area contributed by atoms with E-state index in [-0.39, 0.29) is 0 Å². The number of carbonyl (C=O) groups is 2. The summed E-state index contributed by atoms with van der Waals surface area (Å²) in [6, 6.07) is -1.60. The number of nitrogens with zero attached hydrogens (tertiary/aromatic N) is 2. The van der Waals surface area contributed by atoms with Gasteiger partial charge in [-0.25, -0.2) is 20.4 Å². The number of amides is 4. The second-order valence-corrected chi connectivity index (χ2v) is 3.26. The lowest BCUT2D eigenvalue weighted by Gasteiger charge is -2.08. The van der Waals surface area contributed by atoms with Gasteiger partial charge in [0.2, 0.25) is 0 Å². The minimum absolute atomic E-state index is 0.369. The lowest BCUT2D eigenvalue weighted by molar-refractivity contribution is 0.248. The Kier molecular flexibility index (Phi) is 5.86. The number of primary amides is 2. The molecule has 0 radical (unpaired) electrons. The molecule has 0 saturated heterocycles. The van der Waals surface area contributed by atoms with E-state index in [1.54, 1.807) is 13.8 Å². The summed E-state index contributed by atoms with van der Waals surface area (Å²) in [6.45, 7) is 3.13. The molecule has 0 aromatic carbocycles. The van der Waals surface area contributed by atoms with Crippen LogP contribution in [-0.2, 0) is 0 Å². The van der Waals surface area contributed by atoms with Gasteiger partial charge in [-0.2, -0.15) is 10.2 Å². The zero-order valence-corrected chi connectivity index (χ0v) is 9.58. The van der Waals surface area contributed by atoms with Crippen molar-refractivity contribution < 1.29 is 9.59 Å².